The highest BCUT2D eigenvalue weighted by Gasteiger charge is 2.30. The maximum Gasteiger partial charge on any atom is 0.213 e. The average molecular weight is 563 g/mol. The zero-order valence-electron chi connectivity index (χ0n) is 21.8. The second kappa shape index (κ2) is 14.3. The topological polar surface area (TPSA) is 69.7 Å². The molecule has 0 amide bonds. The predicted octanol–water partition coefficient (Wildman–Crippen LogP) is 8.66. The van der Waals surface area contributed by atoms with Crippen LogP contribution in [0.1, 0.15) is 37.8 Å². The van der Waals surface area contributed by atoms with E-state index in [0.29, 0.717) is 22.1 Å². The minimum Gasteiger partial charge on any atom is -0.457 e. The number of hydrogen-bond acceptors (Lipinski definition) is 5. The molecule has 7 heteroatoms. The van der Waals surface area contributed by atoms with Crippen molar-refractivity contribution in [2.24, 2.45) is 0 Å². The number of benzene rings is 4. The fraction of sp³-hybridized carbons (Fsp3) is 0.156. The third-order valence-corrected chi connectivity index (χ3v) is 6.19. The van der Waals surface area contributed by atoms with E-state index < -0.39 is 23.3 Å². The number of Topliss-reactive ketones (excluding diaryl/α,β-unsaturated/α-hetero) is 3. The number of rotatable bonds is 9. The van der Waals surface area contributed by atoms with Gasteiger partial charge in [0.15, 0.2) is 5.78 Å². The zero-order chi connectivity index (χ0) is 28.4. The molecule has 0 saturated heterocycles. The number of aryl methyl sites for hydroxylation is 1. The van der Waals surface area contributed by atoms with Crippen molar-refractivity contribution >= 4 is 40.6 Å². The molecular formula is C32H28Cl2O5. The lowest BCUT2D eigenvalue weighted by Gasteiger charge is -2.16. The predicted molar refractivity (Wildman–Crippen MR) is 154 cm³/mol. The lowest BCUT2D eigenvalue weighted by molar-refractivity contribution is -0.138. The van der Waals surface area contributed by atoms with E-state index in [0.717, 1.165) is 29.9 Å². The van der Waals surface area contributed by atoms with Gasteiger partial charge in [-0.05, 0) is 79.6 Å². The smallest absolute Gasteiger partial charge is 0.213 e. The van der Waals surface area contributed by atoms with E-state index in [1.54, 1.807) is 48.5 Å². The van der Waals surface area contributed by atoms with Gasteiger partial charge in [-0.2, -0.15) is 0 Å². The summed E-state index contributed by atoms with van der Waals surface area (Å²) in [5, 5.41) is 1.29. The van der Waals surface area contributed by atoms with Gasteiger partial charge in [0, 0.05) is 22.5 Å². The summed E-state index contributed by atoms with van der Waals surface area (Å²) < 4.78 is 11.5. The van der Waals surface area contributed by atoms with E-state index in [-0.39, 0.29) is 0 Å². The molecule has 0 aromatic heterocycles. The van der Waals surface area contributed by atoms with Crippen LogP contribution in [-0.2, 0) is 20.8 Å². The Bertz CT molecular complexity index is 1430. The Morgan fingerprint density at radius 2 is 1.13 bits per heavy atom. The van der Waals surface area contributed by atoms with E-state index in [1.165, 1.54) is 12.5 Å². The number of halogens is 2. The number of ether oxygens (including phenoxy) is 2. The van der Waals surface area contributed by atoms with Gasteiger partial charge in [-0.1, -0.05) is 66.5 Å². The highest BCUT2D eigenvalue weighted by atomic mass is 35.5. The molecule has 0 fully saturated rings. The first-order valence-electron chi connectivity index (χ1n) is 12.3. The third-order valence-electron chi connectivity index (χ3n) is 5.68. The summed E-state index contributed by atoms with van der Waals surface area (Å²) in [4.78, 5) is 35.4. The van der Waals surface area contributed by atoms with Gasteiger partial charge < -0.3 is 9.47 Å². The maximum atomic E-state index is 12.1. The summed E-state index contributed by atoms with van der Waals surface area (Å²) in [5.41, 5.74) is 1.58. The van der Waals surface area contributed by atoms with Gasteiger partial charge in [-0.25, -0.2) is 0 Å². The largest absolute Gasteiger partial charge is 0.457 e. The van der Waals surface area contributed by atoms with Crippen LogP contribution in [0.15, 0.2) is 97.1 Å². The van der Waals surface area contributed by atoms with Gasteiger partial charge >= 0.3 is 0 Å². The molecule has 0 N–H and O–H groups in total. The van der Waals surface area contributed by atoms with Gasteiger partial charge in [-0.15, -0.1) is 0 Å². The number of ketones is 3. The summed E-state index contributed by atoms with van der Waals surface area (Å²) in [6, 6.07) is 28.8. The van der Waals surface area contributed by atoms with Gasteiger partial charge in [0.1, 0.15) is 34.7 Å². The molecule has 0 spiro atoms. The highest BCUT2D eigenvalue weighted by Crippen LogP contribution is 2.32. The van der Waals surface area contributed by atoms with Crippen LogP contribution in [0.2, 0.25) is 10.0 Å². The van der Waals surface area contributed by atoms with Crippen molar-refractivity contribution in [2.45, 2.75) is 33.1 Å². The van der Waals surface area contributed by atoms with Crippen LogP contribution in [0.4, 0.5) is 0 Å². The van der Waals surface area contributed by atoms with Gasteiger partial charge in [-0.3, -0.25) is 14.4 Å². The van der Waals surface area contributed by atoms with Crippen LogP contribution >= 0.6 is 23.2 Å². The summed E-state index contributed by atoms with van der Waals surface area (Å²) in [6.45, 7) is 4.55. The molecular weight excluding hydrogens is 535 g/mol. The van der Waals surface area contributed by atoms with Crippen LogP contribution in [0.25, 0.3) is 0 Å². The standard InChI is InChI=1S/C18H15ClO4.C14H13ClO/c1-11(20)17(18(22)12(2)21)15-5-3-4-6-16(15)23-14-9-7-13(19)8-10-14;1-2-11-5-3-4-6-14(11)16-13-9-7-12(15)8-10-13/h3-10,17H,1-2H3;3-10H,2H2,1H3. The first-order valence-corrected chi connectivity index (χ1v) is 13.0. The molecule has 0 heterocycles. The van der Waals surface area contributed by atoms with Crippen LogP contribution in [0.3, 0.4) is 0 Å². The molecule has 1 unspecified atom stereocenters. The fourth-order valence-corrected chi connectivity index (χ4v) is 3.97. The molecule has 0 aliphatic rings. The Hall–Kier alpha value is -3.93. The van der Waals surface area contributed by atoms with Crippen molar-refractivity contribution in [1.29, 1.82) is 0 Å². The Kier molecular flexibility index (Phi) is 10.9. The number of para-hydroxylation sites is 2. The Labute approximate surface area is 238 Å². The van der Waals surface area contributed by atoms with Crippen LogP contribution in [0, 0.1) is 0 Å². The molecule has 4 aromatic rings. The highest BCUT2D eigenvalue weighted by molar-refractivity contribution is 6.42. The minimum absolute atomic E-state index is 0.352. The fourth-order valence-electron chi connectivity index (χ4n) is 3.71. The van der Waals surface area contributed by atoms with E-state index in [9.17, 15) is 14.4 Å². The SMILES string of the molecule is CC(=O)C(=O)C(C(C)=O)c1ccccc1Oc1ccc(Cl)cc1.CCc1ccccc1Oc1ccc(Cl)cc1. The van der Waals surface area contributed by atoms with Crippen LogP contribution < -0.4 is 9.47 Å². The van der Waals surface area contributed by atoms with Crippen molar-refractivity contribution in [2.75, 3.05) is 0 Å². The number of carbonyl (C=O) groups excluding carboxylic acids is 3. The quantitative estimate of drug-likeness (QED) is 0.151. The second-order valence-electron chi connectivity index (χ2n) is 8.58. The van der Waals surface area contributed by atoms with Crippen molar-refractivity contribution < 1.29 is 23.9 Å². The normalized spacial score (nSPS) is 11.0. The minimum atomic E-state index is -1.16. The average Bonchev–Trinajstić information content (AvgIpc) is 2.92. The van der Waals surface area contributed by atoms with E-state index in [1.807, 2.05) is 42.5 Å². The molecule has 5 nitrogen and oxygen atoms in total. The van der Waals surface area contributed by atoms with E-state index >= 15 is 0 Å². The summed E-state index contributed by atoms with van der Waals surface area (Å²) in [6.07, 6.45) is 0.962. The van der Waals surface area contributed by atoms with Crippen LogP contribution in [-0.4, -0.2) is 17.3 Å². The second-order valence-corrected chi connectivity index (χ2v) is 9.45. The van der Waals surface area contributed by atoms with Gasteiger partial charge in [0.2, 0.25) is 5.78 Å². The Morgan fingerprint density at radius 3 is 1.62 bits per heavy atom. The van der Waals surface area contributed by atoms with E-state index in [4.69, 9.17) is 32.7 Å². The van der Waals surface area contributed by atoms with Crippen molar-refractivity contribution in [3.05, 3.63) is 118 Å². The molecule has 39 heavy (non-hydrogen) atoms. The molecule has 0 aliphatic heterocycles. The van der Waals surface area contributed by atoms with Crippen LogP contribution in [0.5, 0.6) is 23.0 Å². The van der Waals surface area contributed by atoms with E-state index in [2.05, 4.69) is 13.0 Å². The molecule has 200 valence electrons. The monoisotopic (exact) mass is 562 g/mol. The lowest BCUT2D eigenvalue weighted by atomic mass is 9.89. The van der Waals surface area contributed by atoms with Gasteiger partial charge in [0.05, 0.1) is 0 Å². The van der Waals surface area contributed by atoms with Gasteiger partial charge in [0.25, 0.3) is 0 Å². The number of hydrogen-bond donors (Lipinski definition) is 0. The first kappa shape index (κ1) is 29.6. The number of carbonyl (C=O) groups is 3. The summed E-state index contributed by atoms with van der Waals surface area (Å²) in [5.74, 6) is -0.383. The maximum absolute atomic E-state index is 12.1. The lowest BCUT2D eigenvalue weighted by Crippen LogP contribution is -2.25. The zero-order valence-corrected chi connectivity index (χ0v) is 23.3. The molecule has 4 aromatic carbocycles. The van der Waals surface area contributed by atoms with Crippen molar-refractivity contribution in [3.63, 3.8) is 0 Å². The molecule has 0 saturated carbocycles. The van der Waals surface area contributed by atoms with Crippen molar-refractivity contribution in [1.82, 2.24) is 0 Å². The Morgan fingerprint density at radius 1 is 0.667 bits per heavy atom. The molecule has 0 aliphatic carbocycles. The first-order chi connectivity index (χ1) is 18.7. The van der Waals surface area contributed by atoms with Crippen molar-refractivity contribution in [3.8, 4) is 23.0 Å². The molecule has 0 bridgehead atoms. The summed E-state index contributed by atoms with van der Waals surface area (Å²) in [7, 11) is 0. The Balaban J connectivity index is 0.000000230. The third kappa shape index (κ3) is 8.54. The summed E-state index contributed by atoms with van der Waals surface area (Å²) >= 11 is 11.6. The molecule has 0 radical (unpaired) electrons. The molecule has 4 rings (SSSR count). The molecule has 1 atom stereocenters.